The minimum absolute atomic E-state index is 0.00779. The van der Waals surface area contributed by atoms with Crippen LogP contribution in [0.4, 0.5) is 19.5 Å². The van der Waals surface area contributed by atoms with E-state index in [1.165, 1.54) is 0 Å². The lowest BCUT2D eigenvalue weighted by Gasteiger charge is -2.34. The lowest BCUT2D eigenvalue weighted by molar-refractivity contribution is 0.122. The van der Waals surface area contributed by atoms with Crippen molar-refractivity contribution >= 4 is 34.2 Å². The highest BCUT2D eigenvalue weighted by molar-refractivity contribution is 5.99. The van der Waals surface area contributed by atoms with Crippen LogP contribution >= 0.6 is 0 Å². The third-order valence-corrected chi connectivity index (χ3v) is 7.21. The molecule has 2 aliphatic heterocycles. The van der Waals surface area contributed by atoms with Gasteiger partial charge in [0, 0.05) is 51.9 Å². The van der Waals surface area contributed by atoms with Gasteiger partial charge in [-0.2, -0.15) is 4.98 Å². The van der Waals surface area contributed by atoms with Crippen LogP contribution in [0, 0.1) is 0 Å². The van der Waals surface area contributed by atoms with Gasteiger partial charge in [-0.25, -0.2) is 28.5 Å². The number of H-pyrrole nitrogens is 1. The summed E-state index contributed by atoms with van der Waals surface area (Å²) in [4.78, 5) is 39.4. The first-order valence-electron chi connectivity index (χ1n) is 12.7. The van der Waals surface area contributed by atoms with Crippen LogP contribution in [0.3, 0.4) is 0 Å². The van der Waals surface area contributed by atoms with E-state index in [1.54, 1.807) is 37.5 Å². The van der Waals surface area contributed by atoms with Crippen LogP contribution in [-0.2, 0) is 4.74 Å². The van der Waals surface area contributed by atoms with Gasteiger partial charge < -0.3 is 29.0 Å². The number of benzene rings is 1. The zero-order chi connectivity index (χ0) is 26.4. The number of alkyl halides is 2. The number of likely N-dealkylation sites (tertiary alicyclic amines) is 1. The second-order valence-corrected chi connectivity index (χ2v) is 9.82. The second-order valence-electron chi connectivity index (χ2n) is 9.82. The number of imidazole rings is 2. The van der Waals surface area contributed by atoms with Gasteiger partial charge in [0.25, 0.3) is 6.43 Å². The van der Waals surface area contributed by atoms with Gasteiger partial charge in [-0.05, 0) is 18.9 Å². The average molecular weight is 526 g/mol. The van der Waals surface area contributed by atoms with Crippen molar-refractivity contribution in [3.8, 4) is 11.3 Å². The van der Waals surface area contributed by atoms with E-state index in [9.17, 15) is 13.6 Å². The topological polar surface area (TPSA) is 108 Å². The summed E-state index contributed by atoms with van der Waals surface area (Å²) in [7, 11) is 3.52. The van der Waals surface area contributed by atoms with Crippen molar-refractivity contribution in [2.45, 2.75) is 25.3 Å². The summed E-state index contributed by atoms with van der Waals surface area (Å²) in [6.07, 6.45) is 0.595. The maximum absolute atomic E-state index is 13.4. The van der Waals surface area contributed by atoms with Crippen LogP contribution in [0.25, 0.3) is 33.5 Å². The number of rotatable bonds is 4. The Morgan fingerprint density at radius 2 is 1.84 bits per heavy atom. The van der Waals surface area contributed by atoms with Crippen LogP contribution in [0.15, 0.2) is 24.5 Å². The number of carbonyl (C=O) groups excluding carboxylic acids is 1. The Kier molecular flexibility index (Phi) is 6.30. The average Bonchev–Trinajstić information content (AvgIpc) is 3.57. The molecular formula is C25H29F2N9O2. The van der Waals surface area contributed by atoms with E-state index in [4.69, 9.17) is 19.7 Å². The number of fused-ring (bicyclic) bond motifs is 2. The first kappa shape index (κ1) is 24.5. The Morgan fingerprint density at radius 3 is 2.55 bits per heavy atom. The minimum atomic E-state index is -2.71. The summed E-state index contributed by atoms with van der Waals surface area (Å²) >= 11 is 0. The number of aromatic nitrogens is 6. The molecule has 0 atom stereocenters. The Morgan fingerprint density at radius 1 is 1.08 bits per heavy atom. The van der Waals surface area contributed by atoms with Crippen molar-refractivity contribution in [3.05, 3.63) is 30.4 Å². The molecule has 1 N–H and O–H groups in total. The standard InChI is InChI=1S/C25H29F2N9O2/c1-33(2)25(37)35-8-6-15(7-9-35)36-14-28-20-19(31-24(32-23(20)36)34-10-12-38-13-11-34)16-4-3-5-17-18(16)30-22(29-17)21(26)27/h3-5,14-15,21H,6-13H2,1-2H3,(H,29,30). The van der Waals surface area contributed by atoms with Crippen molar-refractivity contribution in [3.63, 3.8) is 0 Å². The van der Waals surface area contributed by atoms with Gasteiger partial charge in [-0.1, -0.05) is 12.1 Å². The Bertz CT molecular complexity index is 1470. The fraction of sp³-hybridized carbons (Fsp3) is 0.480. The van der Waals surface area contributed by atoms with Gasteiger partial charge in [0.05, 0.1) is 30.6 Å². The maximum Gasteiger partial charge on any atom is 0.319 e. The molecule has 0 radical (unpaired) electrons. The van der Waals surface area contributed by atoms with Crippen molar-refractivity contribution < 1.29 is 18.3 Å². The molecule has 0 bridgehead atoms. The van der Waals surface area contributed by atoms with Gasteiger partial charge in [-0.3, -0.25) is 0 Å². The molecule has 200 valence electrons. The summed E-state index contributed by atoms with van der Waals surface area (Å²) in [5, 5.41) is 0. The van der Waals surface area contributed by atoms with E-state index in [-0.39, 0.29) is 17.9 Å². The highest BCUT2D eigenvalue weighted by atomic mass is 19.3. The van der Waals surface area contributed by atoms with Crippen LogP contribution in [0.5, 0.6) is 0 Å². The second kappa shape index (κ2) is 9.78. The number of anilines is 1. The molecule has 4 aromatic rings. The Hall–Kier alpha value is -3.87. The summed E-state index contributed by atoms with van der Waals surface area (Å²) < 4.78 is 34.5. The lowest BCUT2D eigenvalue weighted by Crippen LogP contribution is -2.44. The predicted molar refractivity (Wildman–Crippen MR) is 137 cm³/mol. The molecule has 0 saturated carbocycles. The fourth-order valence-corrected chi connectivity index (χ4v) is 5.23. The number of carbonyl (C=O) groups is 1. The third kappa shape index (κ3) is 4.30. The van der Waals surface area contributed by atoms with Crippen molar-refractivity contribution in [2.75, 3.05) is 58.4 Å². The summed E-state index contributed by atoms with van der Waals surface area (Å²) in [6, 6.07) is 5.46. The number of nitrogens with zero attached hydrogens (tertiary/aromatic N) is 8. The summed E-state index contributed by atoms with van der Waals surface area (Å²) in [6.45, 7) is 3.71. The number of ether oxygens (including phenoxy) is 1. The monoisotopic (exact) mass is 525 g/mol. The lowest BCUT2D eigenvalue weighted by atomic mass is 10.0. The van der Waals surface area contributed by atoms with Crippen molar-refractivity contribution in [2.24, 2.45) is 0 Å². The van der Waals surface area contributed by atoms with Gasteiger partial charge in [0.2, 0.25) is 5.95 Å². The van der Waals surface area contributed by atoms with Crippen LogP contribution < -0.4 is 4.90 Å². The van der Waals surface area contributed by atoms with Crippen LogP contribution in [0.1, 0.15) is 31.1 Å². The number of aromatic amines is 1. The van der Waals surface area contributed by atoms with E-state index in [2.05, 4.69) is 19.4 Å². The fourth-order valence-electron chi connectivity index (χ4n) is 5.23. The molecule has 3 aromatic heterocycles. The maximum atomic E-state index is 13.4. The van der Waals surface area contributed by atoms with Crippen LogP contribution in [0.2, 0.25) is 0 Å². The van der Waals surface area contributed by atoms with Gasteiger partial charge >= 0.3 is 6.03 Å². The first-order valence-corrected chi connectivity index (χ1v) is 12.7. The number of para-hydroxylation sites is 1. The zero-order valence-corrected chi connectivity index (χ0v) is 21.3. The van der Waals surface area contributed by atoms with Gasteiger partial charge in [0.1, 0.15) is 11.2 Å². The summed E-state index contributed by atoms with van der Waals surface area (Å²) in [5.74, 6) is 0.162. The highest BCUT2D eigenvalue weighted by Gasteiger charge is 2.28. The highest BCUT2D eigenvalue weighted by Crippen LogP contribution is 2.35. The SMILES string of the molecule is CN(C)C(=O)N1CCC(n2cnc3c(-c4cccc5[nH]c(C(F)F)nc45)nc(N4CCOCC4)nc32)CC1. The molecule has 0 spiro atoms. The predicted octanol–water partition coefficient (Wildman–Crippen LogP) is 3.46. The molecule has 0 aliphatic carbocycles. The number of piperidine rings is 1. The number of morpholine rings is 1. The van der Waals surface area contributed by atoms with E-state index >= 15 is 0 Å². The molecule has 13 heteroatoms. The van der Waals surface area contributed by atoms with E-state index < -0.39 is 6.43 Å². The molecule has 2 fully saturated rings. The number of hydrogen-bond donors (Lipinski definition) is 1. The van der Waals surface area contributed by atoms with E-state index in [0.29, 0.717) is 78.8 Å². The van der Waals surface area contributed by atoms with E-state index in [1.807, 2.05) is 11.0 Å². The quantitative estimate of drug-likeness (QED) is 0.435. The number of nitrogens with one attached hydrogen (secondary N) is 1. The molecule has 2 amide bonds. The molecule has 1 aromatic carbocycles. The Balaban J connectivity index is 1.45. The first-order chi connectivity index (χ1) is 18.4. The normalized spacial score (nSPS) is 17.2. The number of urea groups is 1. The van der Waals surface area contributed by atoms with Crippen molar-refractivity contribution in [1.82, 2.24) is 39.3 Å². The van der Waals surface area contributed by atoms with E-state index in [0.717, 1.165) is 12.8 Å². The molecule has 6 rings (SSSR count). The third-order valence-electron chi connectivity index (χ3n) is 7.21. The molecule has 11 nitrogen and oxygen atoms in total. The molecule has 0 unspecified atom stereocenters. The summed E-state index contributed by atoms with van der Waals surface area (Å²) in [5.41, 5.74) is 3.35. The van der Waals surface area contributed by atoms with Crippen molar-refractivity contribution in [1.29, 1.82) is 0 Å². The number of hydrogen-bond acceptors (Lipinski definition) is 7. The number of amides is 2. The Labute approximate surface area is 217 Å². The molecular weight excluding hydrogens is 496 g/mol. The molecule has 5 heterocycles. The molecule has 2 saturated heterocycles. The number of halogens is 2. The zero-order valence-electron chi connectivity index (χ0n) is 21.3. The smallest absolute Gasteiger partial charge is 0.319 e. The van der Waals surface area contributed by atoms with Gasteiger partial charge in [0.15, 0.2) is 11.5 Å². The largest absolute Gasteiger partial charge is 0.378 e. The van der Waals surface area contributed by atoms with Gasteiger partial charge in [-0.15, -0.1) is 0 Å². The van der Waals surface area contributed by atoms with Crippen LogP contribution in [-0.4, -0.2) is 98.8 Å². The molecule has 2 aliphatic rings. The molecule has 38 heavy (non-hydrogen) atoms. The minimum Gasteiger partial charge on any atom is -0.378 e.